The summed E-state index contributed by atoms with van der Waals surface area (Å²) in [6, 6.07) is 11.4. The molecule has 132 valence electrons. The van der Waals surface area contributed by atoms with E-state index in [1.807, 2.05) is 30.3 Å². The van der Waals surface area contributed by atoms with Gasteiger partial charge >= 0.3 is 0 Å². The molecule has 0 bridgehead atoms. The minimum Gasteiger partial charge on any atom is -0.353 e. The Morgan fingerprint density at radius 1 is 1.04 bits per heavy atom. The lowest BCUT2D eigenvalue weighted by Gasteiger charge is -2.34. The van der Waals surface area contributed by atoms with Gasteiger partial charge in [0.05, 0.1) is 0 Å². The highest BCUT2D eigenvalue weighted by atomic mass is 16.1. The number of benzene rings is 1. The van der Waals surface area contributed by atoms with Crippen molar-refractivity contribution in [2.24, 2.45) is 0 Å². The largest absolute Gasteiger partial charge is 0.353 e. The highest BCUT2D eigenvalue weighted by Gasteiger charge is 2.18. The van der Waals surface area contributed by atoms with Crippen molar-refractivity contribution in [2.45, 2.75) is 20.3 Å². The summed E-state index contributed by atoms with van der Waals surface area (Å²) < 4.78 is 0. The molecule has 1 N–H and O–H groups in total. The van der Waals surface area contributed by atoms with Gasteiger partial charge in [0, 0.05) is 31.9 Å². The Balaban J connectivity index is 1.65. The second kappa shape index (κ2) is 8.07. The number of amides is 1. The van der Waals surface area contributed by atoms with Gasteiger partial charge in [-0.1, -0.05) is 32.0 Å². The van der Waals surface area contributed by atoms with Gasteiger partial charge in [-0.15, -0.1) is 10.2 Å². The maximum absolute atomic E-state index is 12.4. The summed E-state index contributed by atoms with van der Waals surface area (Å²) in [4.78, 5) is 17.0. The first-order valence-electron chi connectivity index (χ1n) is 8.91. The molecule has 1 amide bonds. The van der Waals surface area contributed by atoms with Crippen molar-refractivity contribution in [1.29, 1.82) is 0 Å². The molecule has 0 radical (unpaired) electrons. The number of nitrogens with one attached hydrogen (secondary N) is 1. The number of carbonyl (C=O) groups is 1. The maximum atomic E-state index is 12.4. The third kappa shape index (κ3) is 4.14. The van der Waals surface area contributed by atoms with E-state index in [1.165, 1.54) is 0 Å². The second-order valence-corrected chi connectivity index (χ2v) is 6.16. The van der Waals surface area contributed by atoms with Crippen molar-refractivity contribution in [3.8, 4) is 0 Å². The fourth-order valence-corrected chi connectivity index (χ4v) is 3.05. The lowest BCUT2D eigenvalue weighted by atomic mass is 10.1. The van der Waals surface area contributed by atoms with E-state index in [9.17, 15) is 4.79 Å². The fraction of sp³-hybridized carbons (Fsp3) is 0.421. The average Bonchev–Trinajstić information content (AvgIpc) is 2.68. The lowest BCUT2D eigenvalue weighted by Crippen LogP contribution is -2.46. The van der Waals surface area contributed by atoms with Crippen LogP contribution < -0.4 is 10.2 Å². The molecule has 1 aliphatic heterocycles. The van der Waals surface area contributed by atoms with Crippen molar-refractivity contribution < 1.29 is 4.79 Å². The Morgan fingerprint density at radius 3 is 2.44 bits per heavy atom. The van der Waals surface area contributed by atoms with Crippen LogP contribution in [0.25, 0.3) is 0 Å². The standard InChI is InChI=1S/C19H25N5O/c1-3-15-7-5-6-8-16(15)20-19(25)17-9-10-18(22-21-17)24-13-11-23(4-2)12-14-24/h5-10H,3-4,11-14H2,1-2H3,(H,20,25). The molecule has 1 aromatic carbocycles. The lowest BCUT2D eigenvalue weighted by molar-refractivity contribution is 0.102. The van der Waals surface area contributed by atoms with Crippen LogP contribution in [0.1, 0.15) is 29.9 Å². The minimum absolute atomic E-state index is 0.226. The van der Waals surface area contributed by atoms with E-state index in [1.54, 1.807) is 6.07 Å². The summed E-state index contributed by atoms with van der Waals surface area (Å²) in [5, 5.41) is 11.3. The van der Waals surface area contributed by atoms with Crippen molar-refractivity contribution in [3.63, 3.8) is 0 Å². The van der Waals surface area contributed by atoms with E-state index in [0.29, 0.717) is 5.69 Å². The van der Waals surface area contributed by atoms with E-state index < -0.39 is 0 Å². The first-order valence-corrected chi connectivity index (χ1v) is 8.91. The summed E-state index contributed by atoms with van der Waals surface area (Å²) in [5.74, 6) is 0.608. The number of carbonyl (C=O) groups excluding carboxylic acids is 1. The summed E-state index contributed by atoms with van der Waals surface area (Å²) in [6.07, 6.45) is 0.866. The molecule has 0 spiro atoms. The molecule has 1 aliphatic rings. The van der Waals surface area contributed by atoms with Crippen LogP contribution >= 0.6 is 0 Å². The normalized spacial score (nSPS) is 15.2. The second-order valence-electron chi connectivity index (χ2n) is 6.16. The third-order valence-corrected chi connectivity index (χ3v) is 4.67. The molecule has 3 rings (SSSR count). The van der Waals surface area contributed by atoms with Crippen LogP contribution in [0.15, 0.2) is 36.4 Å². The van der Waals surface area contributed by atoms with Gasteiger partial charge in [0.1, 0.15) is 0 Å². The predicted octanol–water partition coefficient (Wildman–Crippen LogP) is 2.43. The van der Waals surface area contributed by atoms with Crippen molar-refractivity contribution in [2.75, 3.05) is 42.9 Å². The molecule has 2 heterocycles. The van der Waals surface area contributed by atoms with Crippen molar-refractivity contribution >= 4 is 17.4 Å². The monoisotopic (exact) mass is 339 g/mol. The maximum Gasteiger partial charge on any atom is 0.276 e. The Bertz CT molecular complexity index is 708. The number of aryl methyl sites for hydroxylation is 1. The summed E-state index contributed by atoms with van der Waals surface area (Å²) >= 11 is 0. The minimum atomic E-state index is -0.226. The Hall–Kier alpha value is -2.47. The number of rotatable bonds is 5. The smallest absolute Gasteiger partial charge is 0.276 e. The predicted molar refractivity (Wildman–Crippen MR) is 100 cm³/mol. The third-order valence-electron chi connectivity index (χ3n) is 4.67. The number of hydrogen-bond donors (Lipinski definition) is 1. The Labute approximate surface area is 148 Å². The highest BCUT2D eigenvalue weighted by molar-refractivity contribution is 6.03. The first-order chi connectivity index (χ1) is 12.2. The summed E-state index contributed by atoms with van der Waals surface area (Å²) in [7, 11) is 0. The molecule has 1 fully saturated rings. The molecule has 0 saturated carbocycles. The number of nitrogens with zero attached hydrogens (tertiary/aromatic N) is 4. The van der Waals surface area contributed by atoms with Gasteiger partial charge in [0.25, 0.3) is 5.91 Å². The molecular formula is C19H25N5O. The van der Waals surface area contributed by atoms with Gasteiger partial charge < -0.3 is 15.1 Å². The van der Waals surface area contributed by atoms with Crippen LogP contribution in [0.2, 0.25) is 0 Å². The molecule has 0 atom stereocenters. The molecule has 2 aromatic rings. The molecule has 0 aliphatic carbocycles. The number of para-hydroxylation sites is 1. The van der Waals surface area contributed by atoms with E-state index in [2.05, 4.69) is 39.2 Å². The zero-order valence-corrected chi connectivity index (χ0v) is 14.9. The zero-order chi connectivity index (χ0) is 17.6. The molecule has 6 heteroatoms. The van der Waals surface area contributed by atoms with Crippen molar-refractivity contribution in [1.82, 2.24) is 15.1 Å². The summed E-state index contributed by atoms with van der Waals surface area (Å²) in [6.45, 7) is 9.29. The first kappa shape index (κ1) is 17.4. The highest BCUT2D eigenvalue weighted by Crippen LogP contribution is 2.17. The van der Waals surface area contributed by atoms with E-state index in [4.69, 9.17) is 0 Å². The van der Waals surface area contributed by atoms with E-state index in [0.717, 1.165) is 56.2 Å². The van der Waals surface area contributed by atoms with Crippen LogP contribution in [-0.4, -0.2) is 53.7 Å². The molecule has 1 saturated heterocycles. The zero-order valence-electron chi connectivity index (χ0n) is 14.9. The van der Waals surface area contributed by atoms with Gasteiger partial charge in [0.2, 0.25) is 0 Å². The molecular weight excluding hydrogens is 314 g/mol. The van der Waals surface area contributed by atoms with Gasteiger partial charge in [-0.3, -0.25) is 4.79 Å². The van der Waals surface area contributed by atoms with E-state index >= 15 is 0 Å². The topological polar surface area (TPSA) is 61.4 Å². The number of aromatic nitrogens is 2. The SMILES string of the molecule is CCc1ccccc1NC(=O)c1ccc(N2CCN(CC)CC2)nn1. The van der Waals surface area contributed by atoms with Crippen molar-refractivity contribution in [3.05, 3.63) is 47.7 Å². The average molecular weight is 339 g/mol. The van der Waals surface area contributed by atoms with Crippen LogP contribution in [0.4, 0.5) is 11.5 Å². The Morgan fingerprint density at radius 2 is 1.80 bits per heavy atom. The van der Waals surface area contributed by atoms with Gasteiger partial charge in [-0.25, -0.2) is 0 Å². The van der Waals surface area contributed by atoms with E-state index in [-0.39, 0.29) is 5.91 Å². The summed E-state index contributed by atoms with van der Waals surface area (Å²) in [5.41, 5.74) is 2.27. The van der Waals surface area contributed by atoms with Crippen LogP contribution in [0.3, 0.4) is 0 Å². The Kier molecular flexibility index (Phi) is 5.60. The molecule has 1 aromatic heterocycles. The molecule has 0 unspecified atom stereocenters. The number of anilines is 2. The molecule has 25 heavy (non-hydrogen) atoms. The van der Waals surface area contributed by atoms with Crippen LogP contribution in [-0.2, 0) is 6.42 Å². The van der Waals surface area contributed by atoms with Crippen LogP contribution in [0, 0.1) is 0 Å². The quantitative estimate of drug-likeness (QED) is 0.906. The number of piperazine rings is 1. The number of likely N-dealkylation sites (N-methyl/N-ethyl adjacent to an activating group) is 1. The molecule has 6 nitrogen and oxygen atoms in total. The van der Waals surface area contributed by atoms with Gasteiger partial charge in [-0.05, 0) is 36.7 Å². The fourth-order valence-electron chi connectivity index (χ4n) is 3.05. The van der Waals surface area contributed by atoms with Crippen LogP contribution in [0.5, 0.6) is 0 Å². The number of hydrogen-bond acceptors (Lipinski definition) is 5. The van der Waals surface area contributed by atoms with Gasteiger partial charge in [-0.2, -0.15) is 0 Å². The van der Waals surface area contributed by atoms with Gasteiger partial charge in [0.15, 0.2) is 11.5 Å².